The van der Waals surface area contributed by atoms with Gasteiger partial charge in [0.2, 0.25) is 17.6 Å². The normalized spacial score (nSPS) is 12.4. The number of hydrogen-bond acceptors (Lipinski definition) is 6. The lowest BCUT2D eigenvalue weighted by Gasteiger charge is -2.14. The molecule has 1 heterocycles. The Balaban J connectivity index is 1.41. The summed E-state index contributed by atoms with van der Waals surface area (Å²) in [5.41, 5.74) is 0.160. The van der Waals surface area contributed by atoms with Crippen molar-refractivity contribution in [2.75, 3.05) is 13.2 Å². The third-order valence-corrected chi connectivity index (χ3v) is 4.59. The zero-order chi connectivity index (χ0) is 24.0. The van der Waals surface area contributed by atoms with E-state index in [0.29, 0.717) is 11.1 Å². The molecule has 1 atom stereocenters. The summed E-state index contributed by atoms with van der Waals surface area (Å²) >= 11 is 0. The summed E-state index contributed by atoms with van der Waals surface area (Å²) in [7, 11) is 0. The number of amides is 1. The van der Waals surface area contributed by atoms with Crippen LogP contribution >= 0.6 is 0 Å². The quantitative estimate of drug-likeness (QED) is 0.466. The fourth-order valence-electron chi connectivity index (χ4n) is 2.81. The van der Waals surface area contributed by atoms with Gasteiger partial charge in [-0.2, -0.15) is 18.2 Å². The smallest absolute Gasteiger partial charge is 0.416 e. The van der Waals surface area contributed by atoms with E-state index in [1.807, 2.05) is 0 Å². The van der Waals surface area contributed by atoms with Gasteiger partial charge in [-0.15, -0.1) is 0 Å². The van der Waals surface area contributed by atoms with Crippen LogP contribution in [0.5, 0.6) is 5.75 Å². The maximum Gasteiger partial charge on any atom is 0.416 e. The number of nitrogens with one attached hydrogen (secondary N) is 1. The molecule has 0 aliphatic rings. The largest absolute Gasteiger partial charge is 0.491 e. The van der Waals surface area contributed by atoms with Gasteiger partial charge in [-0.3, -0.25) is 4.79 Å². The zero-order valence-corrected chi connectivity index (χ0v) is 17.5. The number of rotatable bonds is 9. The summed E-state index contributed by atoms with van der Waals surface area (Å²) in [5.74, 6) is -0.294. The highest BCUT2D eigenvalue weighted by molar-refractivity contribution is 5.76. The van der Waals surface area contributed by atoms with Crippen molar-refractivity contribution in [2.45, 2.75) is 32.0 Å². The highest BCUT2D eigenvalue weighted by Gasteiger charge is 2.30. The average Bonchev–Trinajstić information content (AvgIpc) is 3.25. The lowest BCUT2D eigenvalue weighted by atomic mass is 10.1. The summed E-state index contributed by atoms with van der Waals surface area (Å²) in [6, 6.07) is 8.69. The second-order valence-corrected chi connectivity index (χ2v) is 7.27. The topological polar surface area (TPSA) is 97.5 Å². The third-order valence-electron chi connectivity index (χ3n) is 4.59. The number of nitrogens with zero attached hydrogens (tertiary/aromatic N) is 2. The first-order chi connectivity index (χ1) is 15.6. The number of ether oxygens (including phenoxy) is 1. The molecule has 1 amide bonds. The van der Waals surface area contributed by atoms with E-state index in [2.05, 4.69) is 15.5 Å². The van der Waals surface area contributed by atoms with E-state index in [1.165, 1.54) is 24.3 Å². The summed E-state index contributed by atoms with van der Waals surface area (Å²) in [6.07, 6.45) is -5.47. The molecule has 0 aliphatic carbocycles. The van der Waals surface area contributed by atoms with Crippen molar-refractivity contribution >= 4 is 5.91 Å². The highest BCUT2D eigenvalue weighted by atomic mass is 19.4. The van der Waals surface area contributed by atoms with Crippen LogP contribution in [0.4, 0.5) is 17.6 Å². The van der Waals surface area contributed by atoms with E-state index >= 15 is 0 Å². The molecule has 176 valence electrons. The molecule has 1 unspecified atom stereocenters. The predicted molar refractivity (Wildman–Crippen MR) is 109 cm³/mol. The van der Waals surface area contributed by atoms with Crippen LogP contribution in [0.15, 0.2) is 47.0 Å². The molecule has 3 aromatic rings. The maximum atomic E-state index is 13.4. The van der Waals surface area contributed by atoms with Gasteiger partial charge in [-0.05, 0) is 48.9 Å². The van der Waals surface area contributed by atoms with Gasteiger partial charge in [-0.25, -0.2) is 4.39 Å². The number of aromatic nitrogens is 2. The first kappa shape index (κ1) is 24.2. The Morgan fingerprint density at radius 3 is 2.76 bits per heavy atom. The van der Waals surface area contributed by atoms with Gasteiger partial charge in [-0.1, -0.05) is 11.2 Å². The van der Waals surface area contributed by atoms with E-state index in [1.54, 1.807) is 13.0 Å². The average molecular weight is 467 g/mol. The second-order valence-electron chi connectivity index (χ2n) is 7.27. The van der Waals surface area contributed by atoms with Crippen molar-refractivity contribution in [3.63, 3.8) is 0 Å². The number of hydrogen-bond donors (Lipinski definition) is 2. The van der Waals surface area contributed by atoms with Crippen LogP contribution in [0.25, 0.3) is 11.4 Å². The standard InChI is InChI=1S/C22H21F4N3O4/c1-13-9-14(5-6-18(13)23)21-28-20(33-29-21)8-7-19(31)27-11-16(30)12-32-17-4-2-3-15(10-17)22(24,25)26/h2-6,9-10,16,30H,7-8,11-12H2,1H3,(H,27,31). The number of aliphatic hydroxyl groups is 1. The fraction of sp³-hybridized carbons (Fsp3) is 0.318. The van der Waals surface area contributed by atoms with Crippen LogP contribution in [0, 0.1) is 12.7 Å². The number of aryl methyl sites for hydroxylation is 2. The molecule has 11 heteroatoms. The lowest BCUT2D eigenvalue weighted by Crippen LogP contribution is -2.35. The van der Waals surface area contributed by atoms with Crippen molar-refractivity contribution in [3.05, 3.63) is 65.3 Å². The highest BCUT2D eigenvalue weighted by Crippen LogP contribution is 2.31. The summed E-state index contributed by atoms with van der Waals surface area (Å²) in [5, 5.41) is 16.2. The SMILES string of the molecule is Cc1cc(-c2noc(CCC(=O)NCC(O)COc3cccc(C(F)(F)F)c3)n2)ccc1F. The second kappa shape index (κ2) is 10.4. The van der Waals surface area contributed by atoms with Crippen molar-refractivity contribution in [2.24, 2.45) is 0 Å². The van der Waals surface area contributed by atoms with Crippen LogP contribution in [0.2, 0.25) is 0 Å². The Labute approximate surface area is 186 Å². The Kier molecular flexibility index (Phi) is 7.64. The molecule has 3 rings (SSSR count). The Bertz CT molecular complexity index is 1100. The Hall–Kier alpha value is -3.47. The van der Waals surface area contributed by atoms with Crippen molar-refractivity contribution in [3.8, 4) is 17.1 Å². The monoisotopic (exact) mass is 467 g/mol. The van der Waals surface area contributed by atoms with Crippen molar-refractivity contribution in [1.82, 2.24) is 15.5 Å². The van der Waals surface area contributed by atoms with Gasteiger partial charge < -0.3 is 19.7 Å². The molecule has 0 fully saturated rings. The molecule has 1 aromatic heterocycles. The predicted octanol–water partition coefficient (Wildman–Crippen LogP) is 3.69. The van der Waals surface area contributed by atoms with Gasteiger partial charge in [0.15, 0.2) is 0 Å². The number of carbonyl (C=O) groups excluding carboxylic acids is 1. The summed E-state index contributed by atoms with van der Waals surface area (Å²) in [4.78, 5) is 16.2. The molecule has 0 saturated carbocycles. The van der Waals surface area contributed by atoms with Gasteiger partial charge in [0.05, 0.1) is 5.56 Å². The zero-order valence-electron chi connectivity index (χ0n) is 17.5. The van der Waals surface area contributed by atoms with E-state index in [0.717, 1.165) is 12.1 Å². The van der Waals surface area contributed by atoms with Gasteiger partial charge in [0.25, 0.3) is 0 Å². The Morgan fingerprint density at radius 2 is 2.03 bits per heavy atom. The molecule has 2 aromatic carbocycles. The molecule has 0 bridgehead atoms. The molecule has 2 N–H and O–H groups in total. The van der Waals surface area contributed by atoms with Crippen LogP contribution < -0.4 is 10.1 Å². The van der Waals surface area contributed by atoms with Crippen LogP contribution in [0.3, 0.4) is 0 Å². The van der Waals surface area contributed by atoms with Crippen LogP contribution in [0.1, 0.15) is 23.4 Å². The Morgan fingerprint density at radius 1 is 1.24 bits per heavy atom. The first-order valence-corrected chi connectivity index (χ1v) is 9.96. The number of benzene rings is 2. The van der Waals surface area contributed by atoms with Crippen LogP contribution in [-0.2, 0) is 17.4 Å². The van der Waals surface area contributed by atoms with Gasteiger partial charge in [0, 0.05) is 24.9 Å². The minimum absolute atomic E-state index is 0.00524. The third kappa shape index (κ3) is 7.01. The number of carbonyl (C=O) groups is 1. The lowest BCUT2D eigenvalue weighted by molar-refractivity contribution is -0.137. The molecular formula is C22H21F4N3O4. The van der Waals surface area contributed by atoms with Gasteiger partial charge in [0.1, 0.15) is 24.3 Å². The molecule has 33 heavy (non-hydrogen) atoms. The van der Waals surface area contributed by atoms with E-state index in [4.69, 9.17) is 9.26 Å². The molecule has 0 radical (unpaired) electrons. The molecule has 7 nitrogen and oxygen atoms in total. The molecule has 0 aliphatic heterocycles. The van der Waals surface area contributed by atoms with Crippen LogP contribution in [-0.4, -0.2) is 40.4 Å². The summed E-state index contributed by atoms with van der Waals surface area (Å²) in [6.45, 7) is 1.16. The molecular weight excluding hydrogens is 446 g/mol. The van der Waals surface area contributed by atoms with E-state index in [-0.39, 0.29) is 49.3 Å². The maximum absolute atomic E-state index is 13.4. The minimum atomic E-state index is -4.50. The summed E-state index contributed by atoms with van der Waals surface area (Å²) < 4.78 is 61.8. The number of aliphatic hydroxyl groups excluding tert-OH is 1. The molecule has 0 spiro atoms. The first-order valence-electron chi connectivity index (χ1n) is 9.96. The van der Waals surface area contributed by atoms with E-state index < -0.39 is 23.8 Å². The van der Waals surface area contributed by atoms with Crippen molar-refractivity contribution < 1.29 is 36.7 Å². The molecule has 0 saturated heterocycles. The van der Waals surface area contributed by atoms with E-state index in [9.17, 15) is 27.5 Å². The van der Waals surface area contributed by atoms with Gasteiger partial charge >= 0.3 is 6.18 Å². The van der Waals surface area contributed by atoms with Crippen molar-refractivity contribution in [1.29, 1.82) is 0 Å². The fourth-order valence-corrected chi connectivity index (χ4v) is 2.81. The number of alkyl halides is 3. The number of halogens is 4. The minimum Gasteiger partial charge on any atom is -0.491 e.